The van der Waals surface area contributed by atoms with Crippen molar-refractivity contribution in [3.05, 3.63) is 28.9 Å². The molecule has 14 heavy (non-hydrogen) atoms. The summed E-state index contributed by atoms with van der Waals surface area (Å²) in [6.07, 6.45) is 0. The minimum absolute atomic E-state index is 0.305. The summed E-state index contributed by atoms with van der Waals surface area (Å²) in [6, 6.07) is 7.38. The predicted molar refractivity (Wildman–Crippen MR) is 60.4 cm³/mol. The third-order valence-electron chi connectivity index (χ3n) is 2.22. The summed E-state index contributed by atoms with van der Waals surface area (Å²) in [5.74, 6) is 0.305. The number of phenols is 1. The van der Waals surface area contributed by atoms with Crippen LogP contribution in [0, 0.1) is 0 Å². The Balaban J connectivity index is 2.70. The summed E-state index contributed by atoms with van der Waals surface area (Å²) in [4.78, 5) is 0. The lowest BCUT2D eigenvalue weighted by Crippen LogP contribution is -2.09. The highest BCUT2D eigenvalue weighted by Crippen LogP contribution is 2.30. The van der Waals surface area contributed by atoms with Crippen LogP contribution in [0.15, 0.2) is 28.9 Å². The lowest BCUT2D eigenvalue weighted by atomic mass is 10.2. The van der Waals surface area contributed by atoms with Crippen molar-refractivity contribution in [1.82, 2.24) is 4.57 Å². The van der Waals surface area contributed by atoms with Crippen molar-refractivity contribution in [2.45, 2.75) is 6.54 Å². The van der Waals surface area contributed by atoms with Gasteiger partial charge in [-0.1, -0.05) is 6.07 Å². The number of nitrogens with zero attached hydrogens (tertiary/aromatic N) is 1. The molecule has 0 fully saturated rings. The molecule has 0 saturated carbocycles. The van der Waals surface area contributed by atoms with Crippen LogP contribution in [0.4, 0.5) is 0 Å². The zero-order chi connectivity index (χ0) is 10.1. The second-order valence-electron chi connectivity index (χ2n) is 3.12. The van der Waals surface area contributed by atoms with Crippen LogP contribution in [-0.2, 0) is 6.54 Å². The standard InChI is InChI=1S/C10H11BrN2O/c11-10-6-7-8(13(10)5-4-12)2-1-3-9(7)14/h1-3,6,14H,4-5,12H2. The first kappa shape index (κ1) is 9.55. The topological polar surface area (TPSA) is 51.2 Å². The molecule has 0 saturated heterocycles. The van der Waals surface area contributed by atoms with Crippen LogP contribution >= 0.6 is 15.9 Å². The third-order valence-corrected chi connectivity index (χ3v) is 2.88. The first-order valence-electron chi connectivity index (χ1n) is 4.41. The Labute approximate surface area is 90.3 Å². The molecular weight excluding hydrogens is 244 g/mol. The number of rotatable bonds is 2. The number of aromatic nitrogens is 1. The third kappa shape index (κ3) is 1.40. The Morgan fingerprint density at radius 3 is 2.93 bits per heavy atom. The summed E-state index contributed by atoms with van der Waals surface area (Å²) >= 11 is 3.44. The fourth-order valence-electron chi connectivity index (χ4n) is 1.59. The molecule has 0 aliphatic carbocycles. The van der Waals surface area contributed by atoms with E-state index in [1.807, 2.05) is 22.8 Å². The highest BCUT2D eigenvalue weighted by atomic mass is 79.9. The van der Waals surface area contributed by atoms with Gasteiger partial charge in [-0.2, -0.15) is 0 Å². The fourth-order valence-corrected chi connectivity index (χ4v) is 2.19. The minimum Gasteiger partial charge on any atom is -0.507 e. The van der Waals surface area contributed by atoms with E-state index >= 15 is 0 Å². The molecule has 2 rings (SSSR count). The average Bonchev–Trinajstić information content (AvgIpc) is 2.47. The summed E-state index contributed by atoms with van der Waals surface area (Å²) < 4.78 is 2.98. The van der Waals surface area contributed by atoms with Crippen molar-refractivity contribution in [2.24, 2.45) is 5.73 Å². The van der Waals surface area contributed by atoms with Crippen molar-refractivity contribution in [3.8, 4) is 5.75 Å². The number of hydrogen-bond donors (Lipinski definition) is 2. The smallest absolute Gasteiger partial charge is 0.124 e. The maximum atomic E-state index is 9.61. The van der Waals surface area contributed by atoms with Crippen LogP contribution in [0.25, 0.3) is 10.9 Å². The SMILES string of the molecule is NCCn1c(Br)cc2c(O)cccc21. The highest BCUT2D eigenvalue weighted by Gasteiger charge is 2.08. The van der Waals surface area contributed by atoms with Gasteiger partial charge in [-0.15, -0.1) is 0 Å². The molecule has 1 aromatic heterocycles. The van der Waals surface area contributed by atoms with E-state index < -0.39 is 0 Å². The van der Waals surface area contributed by atoms with Gasteiger partial charge in [0.2, 0.25) is 0 Å². The first-order valence-corrected chi connectivity index (χ1v) is 5.20. The van der Waals surface area contributed by atoms with Crippen LogP contribution in [-0.4, -0.2) is 16.2 Å². The van der Waals surface area contributed by atoms with Crippen LogP contribution in [0.1, 0.15) is 0 Å². The normalized spacial score (nSPS) is 11.0. The monoisotopic (exact) mass is 254 g/mol. The van der Waals surface area contributed by atoms with Crippen molar-refractivity contribution in [2.75, 3.05) is 6.54 Å². The van der Waals surface area contributed by atoms with E-state index in [0.29, 0.717) is 12.3 Å². The number of nitrogens with two attached hydrogens (primary N) is 1. The number of benzene rings is 1. The number of hydrogen-bond acceptors (Lipinski definition) is 2. The molecule has 0 unspecified atom stereocenters. The molecule has 0 spiro atoms. The van der Waals surface area contributed by atoms with Crippen LogP contribution < -0.4 is 5.73 Å². The number of aromatic hydroxyl groups is 1. The zero-order valence-electron chi connectivity index (χ0n) is 7.57. The fraction of sp³-hybridized carbons (Fsp3) is 0.200. The summed E-state index contributed by atoms with van der Waals surface area (Å²) in [5, 5.41) is 10.5. The Kier molecular flexibility index (Phi) is 2.48. The second-order valence-corrected chi connectivity index (χ2v) is 3.93. The van der Waals surface area contributed by atoms with Gasteiger partial charge in [0.1, 0.15) is 5.75 Å². The Morgan fingerprint density at radius 1 is 1.43 bits per heavy atom. The molecule has 3 nitrogen and oxygen atoms in total. The van der Waals surface area contributed by atoms with E-state index in [9.17, 15) is 5.11 Å². The number of fused-ring (bicyclic) bond motifs is 1. The van der Waals surface area contributed by atoms with Crippen LogP contribution in [0.5, 0.6) is 5.75 Å². The molecule has 1 aromatic carbocycles. The van der Waals surface area contributed by atoms with Crippen LogP contribution in [0.3, 0.4) is 0 Å². The molecule has 0 atom stereocenters. The van der Waals surface area contributed by atoms with Gasteiger partial charge < -0.3 is 15.4 Å². The molecule has 0 amide bonds. The lowest BCUT2D eigenvalue weighted by molar-refractivity contribution is 0.481. The first-order chi connectivity index (χ1) is 6.74. The van der Waals surface area contributed by atoms with Crippen molar-refractivity contribution < 1.29 is 5.11 Å². The maximum absolute atomic E-state index is 9.61. The van der Waals surface area contributed by atoms with Gasteiger partial charge >= 0.3 is 0 Å². The Hall–Kier alpha value is -1.00. The quantitative estimate of drug-likeness (QED) is 0.863. The van der Waals surface area contributed by atoms with E-state index in [1.165, 1.54) is 0 Å². The molecule has 3 N–H and O–H groups in total. The van der Waals surface area contributed by atoms with Gasteiger partial charge in [0.05, 0.1) is 10.1 Å². The number of phenolic OH excluding ortho intramolecular Hbond substituents is 1. The molecule has 74 valence electrons. The molecule has 1 heterocycles. The highest BCUT2D eigenvalue weighted by molar-refractivity contribution is 9.10. The van der Waals surface area contributed by atoms with E-state index in [0.717, 1.165) is 22.1 Å². The molecule has 0 aliphatic heterocycles. The van der Waals surface area contributed by atoms with Crippen molar-refractivity contribution in [3.63, 3.8) is 0 Å². The lowest BCUT2D eigenvalue weighted by Gasteiger charge is -2.04. The number of halogens is 1. The largest absolute Gasteiger partial charge is 0.507 e. The van der Waals surface area contributed by atoms with Gasteiger partial charge in [-0.05, 0) is 34.1 Å². The van der Waals surface area contributed by atoms with E-state index in [-0.39, 0.29) is 0 Å². The molecular formula is C10H11BrN2O. The second kappa shape index (κ2) is 3.63. The summed E-state index contributed by atoms with van der Waals surface area (Å²) in [6.45, 7) is 1.32. The average molecular weight is 255 g/mol. The molecule has 0 radical (unpaired) electrons. The van der Waals surface area contributed by atoms with Gasteiger partial charge in [0, 0.05) is 18.5 Å². The minimum atomic E-state index is 0.305. The van der Waals surface area contributed by atoms with Crippen molar-refractivity contribution >= 4 is 26.8 Å². The van der Waals surface area contributed by atoms with E-state index in [2.05, 4.69) is 15.9 Å². The van der Waals surface area contributed by atoms with Crippen LogP contribution in [0.2, 0.25) is 0 Å². The molecule has 4 heteroatoms. The predicted octanol–water partition coefficient (Wildman–Crippen LogP) is 2.07. The van der Waals surface area contributed by atoms with Gasteiger partial charge in [-0.3, -0.25) is 0 Å². The van der Waals surface area contributed by atoms with Gasteiger partial charge in [0.15, 0.2) is 0 Å². The molecule has 0 bridgehead atoms. The summed E-state index contributed by atoms with van der Waals surface area (Å²) in [5.41, 5.74) is 6.52. The Bertz CT molecular complexity index is 464. The zero-order valence-corrected chi connectivity index (χ0v) is 9.16. The van der Waals surface area contributed by atoms with Gasteiger partial charge in [-0.25, -0.2) is 0 Å². The maximum Gasteiger partial charge on any atom is 0.124 e. The van der Waals surface area contributed by atoms with Gasteiger partial charge in [0.25, 0.3) is 0 Å². The van der Waals surface area contributed by atoms with E-state index in [1.54, 1.807) is 6.07 Å². The summed E-state index contributed by atoms with van der Waals surface area (Å²) in [7, 11) is 0. The van der Waals surface area contributed by atoms with Crippen molar-refractivity contribution in [1.29, 1.82) is 0 Å². The van der Waals surface area contributed by atoms with E-state index in [4.69, 9.17) is 5.73 Å². The molecule has 2 aromatic rings. The Morgan fingerprint density at radius 2 is 2.21 bits per heavy atom. The molecule has 0 aliphatic rings.